The van der Waals surface area contributed by atoms with Crippen molar-refractivity contribution in [2.24, 2.45) is 0 Å². The summed E-state index contributed by atoms with van der Waals surface area (Å²) in [7, 11) is 0. The molecule has 0 unspecified atom stereocenters. The van der Waals surface area contributed by atoms with Gasteiger partial charge in [0.15, 0.2) is 0 Å². The Labute approximate surface area is 105 Å². The molecular formula is C13H17NO4. The van der Waals surface area contributed by atoms with E-state index >= 15 is 0 Å². The van der Waals surface area contributed by atoms with Gasteiger partial charge in [-0.2, -0.15) is 0 Å². The number of aliphatic carboxylic acids is 1. The van der Waals surface area contributed by atoms with E-state index in [9.17, 15) is 14.7 Å². The normalized spacial score (nSPS) is 10.0. The van der Waals surface area contributed by atoms with Gasteiger partial charge in [-0.25, -0.2) is 0 Å². The number of hydrogen-bond donors (Lipinski definition) is 3. The Hall–Kier alpha value is -2.04. The fraction of sp³-hybridized carbons (Fsp3) is 0.385. The smallest absolute Gasteiger partial charge is 0.303 e. The van der Waals surface area contributed by atoms with Crippen LogP contribution in [0.3, 0.4) is 0 Å². The van der Waals surface area contributed by atoms with Gasteiger partial charge in [-0.05, 0) is 31.0 Å². The van der Waals surface area contributed by atoms with E-state index in [-0.39, 0.29) is 18.1 Å². The molecule has 5 nitrogen and oxygen atoms in total. The number of carbonyl (C=O) groups is 2. The molecule has 1 amide bonds. The molecule has 0 heterocycles. The molecule has 0 aliphatic carbocycles. The number of carboxylic acid groups (broad SMARTS) is 1. The van der Waals surface area contributed by atoms with Crippen molar-refractivity contribution in [2.75, 3.05) is 6.54 Å². The fourth-order valence-corrected chi connectivity index (χ4v) is 1.53. The van der Waals surface area contributed by atoms with Crippen LogP contribution in [0, 0.1) is 0 Å². The molecule has 1 aromatic carbocycles. The second-order valence-electron chi connectivity index (χ2n) is 4.01. The number of aromatic hydroxyl groups is 1. The molecule has 0 aliphatic rings. The first kappa shape index (κ1) is 14.0. The SMILES string of the molecule is O=C(O)CCCCCNC(=O)c1cccc(O)c1. The third-order valence-corrected chi connectivity index (χ3v) is 2.46. The molecule has 98 valence electrons. The Morgan fingerprint density at radius 3 is 2.61 bits per heavy atom. The highest BCUT2D eigenvalue weighted by Gasteiger charge is 2.05. The molecule has 1 rings (SSSR count). The van der Waals surface area contributed by atoms with Crippen LogP contribution in [0.4, 0.5) is 0 Å². The average Bonchev–Trinajstić information content (AvgIpc) is 2.33. The third-order valence-electron chi connectivity index (χ3n) is 2.46. The van der Waals surface area contributed by atoms with Gasteiger partial charge < -0.3 is 15.5 Å². The quantitative estimate of drug-likeness (QED) is 0.644. The van der Waals surface area contributed by atoms with E-state index in [0.29, 0.717) is 18.5 Å². The van der Waals surface area contributed by atoms with Gasteiger partial charge in [-0.15, -0.1) is 0 Å². The summed E-state index contributed by atoms with van der Waals surface area (Å²) in [6.45, 7) is 0.508. The molecule has 0 spiro atoms. The highest BCUT2D eigenvalue weighted by Crippen LogP contribution is 2.10. The molecule has 0 radical (unpaired) electrons. The largest absolute Gasteiger partial charge is 0.508 e. The van der Waals surface area contributed by atoms with Crippen molar-refractivity contribution in [3.8, 4) is 5.75 Å². The molecule has 0 bridgehead atoms. The van der Waals surface area contributed by atoms with Crippen molar-refractivity contribution < 1.29 is 19.8 Å². The van der Waals surface area contributed by atoms with E-state index < -0.39 is 5.97 Å². The van der Waals surface area contributed by atoms with Gasteiger partial charge in [0.2, 0.25) is 0 Å². The average molecular weight is 251 g/mol. The lowest BCUT2D eigenvalue weighted by atomic mass is 10.2. The number of benzene rings is 1. The summed E-state index contributed by atoms with van der Waals surface area (Å²) in [5.74, 6) is -0.966. The van der Waals surface area contributed by atoms with E-state index in [1.54, 1.807) is 12.1 Å². The monoisotopic (exact) mass is 251 g/mol. The van der Waals surface area contributed by atoms with E-state index in [1.165, 1.54) is 12.1 Å². The number of amides is 1. The van der Waals surface area contributed by atoms with Gasteiger partial charge in [0.05, 0.1) is 0 Å². The first-order chi connectivity index (χ1) is 8.59. The Morgan fingerprint density at radius 2 is 1.94 bits per heavy atom. The molecular weight excluding hydrogens is 234 g/mol. The topological polar surface area (TPSA) is 86.6 Å². The van der Waals surface area contributed by atoms with Gasteiger partial charge >= 0.3 is 5.97 Å². The molecule has 0 aromatic heterocycles. The van der Waals surface area contributed by atoms with Crippen LogP contribution in [0.15, 0.2) is 24.3 Å². The summed E-state index contributed by atoms with van der Waals surface area (Å²) in [5.41, 5.74) is 0.417. The minimum atomic E-state index is -0.793. The third kappa shape index (κ3) is 5.34. The maximum atomic E-state index is 11.6. The van der Waals surface area contributed by atoms with Gasteiger partial charge in [-0.3, -0.25) is 9.59 Å². The summed E-state index contributed by atoms with van der Waals surface area (Å²) in [4.78, 5) is 21.9. The predicted octanol–water partition coefficient (Wildman–Crippen LogP) is 1.77. The first-order valence-corrected chi connectivity index (χ1v) is 5.88. The zero-order chi connectivity index (χ0) is 13.4. The second-order valence-corrected chi connectivity index (χ2v) is 4.01. The zero-order valence-corrected chi connectivity index (χ0v) is 10.1. The second kappa shape index (κ2) is 7.32. The van der Waals surface area contributed by atoms with Crippen LogP contribution in [0.5, 0.6) is 5.75 Å². The zero-order valence-electron chi connectivity index (χ0n) is 10.1. The molecule has 0 aliphatic heterocycles. The van der Waals surface area contributed by atoms with Crippen LogP contribution in [0.25, 0.3) is 0 Å². The van der Waals surface area contributed by atoms with Crippen LogP contribution in [0.2, 0.25) is 0 Å². The summed E-state index contributed by atoms with van der Waals surface area (Å²) < 4.78 is 0. The maximum absolute atomic E-state index is 11.6. The fourth-order valence-electron chi connectivity index (χ4n) is 1.53. The molecule has 0 saturated heterocycles. The van der Waals surface area contributed by atoms with Crippen molar-refractivity contribution >= 4 is 11.9 Å². The first-order valence-electron chi connectivity index (χ1n) is 5.88. The van der Waals surface area contributed by atoms with Gasteiger partial charge in [0, 0.05) is 18.5 Å². The Bertz CT molecular complexity index is 417. The predicted molar refractivity (Wildman–Crippen MR) is 66.5 cm³/mol. The van der Waals surface area contributed by atoms with Crippen molar-refractivity contribution in [1.29, 1.82) is 0 Å². The molecule has 0 fully saturated rings. The van der Waals surface area contributed by atoms with Gasteiger partial charge in [-0.1, -0.05) is 12.5 Å². The number of phenols is 1. The highest BCUT2D eigenvalue weighted by atomic mass is 16.4. The Kier molecular flexibility index (Phi) is 5.70. The summed E-state index contributed by atoms with van der Waals surface area (Å²) >= 11 is 0. The number of phenolic OH excluding ortho intramolecular Hbond substituents is 1. The molecule has 0 saturated carbocycles. The Morgan fingerprint density at radius 1 is 1.17 bits per heavy atom. The van der Waals surface area contributed by atoms with Gasteiger partial charge in [0.1, 0.15) is 5.75 Å². The van der Waals surface area contributed by atoms with E-state index in [4.69, 9.17) is 5.11 Å². The number of carbonyl (C=O) groups excluding carboxylic acids is 1. The number of hydrogen-bond acceptors (Lipinski definition) is 3. The van der Waals surface area contributed by atoms with Crippen molar-refractivity contribution in [3.63, 3.8) is 0 Å². The lowest BCUT2D eigenvalue weighted by Gasteiger charge is -2.05. The summed E-state index contributed by atoms with van der Waals surface area (Å²) in [6, 6.07) is 6.14. The molecule has 3 N–H and O–H groups in total. The highest BCUT2D eigenvalue weighted by molar-refractivity contribution is 5.94. The van der Waals surface area contributed by atoms with Crippen LogP contribution in [-0.4, -0.2) is 28.6 Å². The van der Waals surface area contributed by atoms with Crippen molar-refractivity contribution in [1.82, 2.24) is 5.32 Å². The lowest BCUT2D eigenvalue weighted by Crippen LogP contribution is -2.24. The van der Waals surface area contributed by atoms with E-state index in [1.807, 2.05) is 0 Å². The number of carboxylic acids is 1. The Balaban J connectivity index is 2.20. The number of rotatable bonds is 7. The van der Waals surface area contributed by atoms with Crippen LogP contribution >= 0.6 is 0 Å². The van der Waals surface area contributed by atoms with Crippen LogP contribution in [0.1, 0.15) is 36.0 Å². The van der Waals surface area contributed by atoms with Gasteiger partial charge in [0.25, 0.3) is 5.91 Å². The molecule has 0 atom stereocenters. The summed E-state index contributed by atoms with van der Waals surface area (Å²) in [6.07, 6.45) is 2.31. The maximum Gasteiger partial charge on any atom is 0.303 e. The molecule has 18 heavy (non-hydrogen) atoms. The van der Waals surface area contributed by atoms with Crippen molar-refractivity contribution in [2.45, 2.75) is 25.7 Å². The minimum absolute atomic E-state index is 0.0594. The number of nitrogens with one attached hydrogen (secondary N) is 1. The van der Waals surface area contributed by atoms with Crippen LogP contribution < -0.4 is 5.32 Å². The van der Waals surface area contributed by atoms with E-state index in [0.717, 1.165) is 12.8 Å². The van der Waals surface area contributed by atoms with E-state index in [2.05, 4.69) is 5.32 Å². The van der Waals surface area contributed by atoms with Crippen molar-refractivity contribution in [3.05, 3.63) is 29.8 Å². The minimum Gasteiger partial charge on any atom is -0.508 e. The van der Waals surface area contributed by atoms with Crippen LogP contribution in [-0.2, 0) is 4.79 Å². The number of unbranched alkanes of at least 4 members (excludes halogenated alkanes) is 2. The molecule has 1 aromatic rings. The summed E-state index contributed by atoms with van der Waals surface area (Å²) in [5, 5.41) is 20.4. The lowest BCUT2D eigenvalue weighted by molar-refractivity contribution is -0.137. The molecule has 5 heteroatoms. The standard InChI is InChI=1S/C13H17NO4/c15-11-6-4-5-10(9-11)13(18)14-8-3-1-2-7-12(16)17/h4-6,9,15H,1-3,7-8H2,(H,14,18)(H,16,17).